The molecule has 0 amide bonds. The lowest BCUT2D eigenvalue weighted by Gasteiger charge is -2.52. The average molecular weight is 375 g/mol. The highest BCUT2D eigenvalue weighted by Gasteiger charge is 2.59. The lowest BCUT2D eigenvalue weighted by molar-refractivity contribution is -0.129. The predicted molar refractivity (Wildman–Crippen MR) is 104 cm³/mol. The smallest absolute Gasteiger partial charge is 0.283 e. The second-order valence-corrected chi connectivity index (χ2v) is 7.86. The van der Waals surface area contributed by atoms with Gasteiger partial charge in [-0.3, -0.25) is 0 Å². The third-order valence-corrected chi connectivity index (χ3v) is 6.20. The fraction of sp³-hybridized carbons (Fsp3) is 0.364. The van der Waals surface area contributed by atoms with Crippen LogP contribution in [-0.4, -0.2) is 31.4 Å². The molecule has 1 spiro atoms. The van der Waals surface area contributed by atoms with Crippen LogP contribution in [0, 0.1) is 17.2 Å². The number of hydrogen-bond acceptors (Lipinski definition) is 6. The van der Waals surface area contributed by atoms with Gasteiger partial charge in [0.25, 0.3) is 6.02 Å². The van der Waals surface area contributed by atoms with Crippen LogP contribution in [0.3, 0.4) is 0 Å². The van der Waals surface area contributed by atoms with Gasteiger partial charge in [0, 0.05) is 12.0 Å². The fourth-order valence-corrected chi connectivity index (χ4v) is 4.70. The quantitative estimate of drug-likeness (QED) is 0.828. The second-order valence-electron chi connectivity index (χ2n) is 7.86. The molecule has 1 saturated heterocycles. The van der Waals surface area contributed by atoms with Crippen molar-refractivity contribution in [2.75, 3.05) is 19.8 Å². The van der Waals surface area contributed by atoms with Gasteiger partial charge >= 0.3 is 0 Å². The first-order valence-electron chi connectivity index (χ1n) is 9.44. The van der Waals surface area contributed by atoms with Crippen molar-refractivity contribution in [3.05, 3.63) is 53.6 Å². The van der Waals surface area contributed by atoms with Crippen LogP contribution in [-0.2, 0) is 15.0 Å². The van der Waals surface area contributed by atoms with Gasteiger partial charge in [-0.2, -0.15) is 5.26 Å². The van der Waals surface area contributed by atoms with Crippen molar-refractivity contribution in [2.24, 2.45) is 16.6 Å². The Morgan fingerprint density at radius 3 is 2.86 bits per heavy atom. The van der Waals surface area contributed by atoms with E-state index in [1.807, 2.05) is 30.3 Å². The molecule has 6 heteroatoms. The van der Waals surface area contributed by atoms with Gasteiger partial charge in [0.15, 0.2) is 0 Å². The van der Waals surface area contributed by atoms with Gasteiger partial charge in [-0.05, 0) is 42.3 Å². The Balaban J connectivity index is 1.69. The Hall–Kier alpha value is -3.04. The van der Waals surface area contributed by atoms with Crippen molar-refractivity contribution >= 4 is 6.02 Å². The molecule has 3 atom stereocenters. The molecule has 2 aromatic carbocycles. The molecule has 2 N–H and O–H groups in total. The van der Waals surface area contributed by atoms with E-state index < -0.39 is 5.54 Å². The number of benzene rings is 2. The summed E-state index contributed by atoms with van der Waals surface area (Å²) in [6.07, 6.45) is 0.792. The molecule has 1 unspecified atom stereocenters. The van der Waals surface area contributed by atoms with Crippen molar-refractivity contribution in [2.45, 2.75) is 24.5 Å². The summed E-state index contributed by atoms with van der Waals surface area (Å²) in [5.74, 6) is 0.811. The molecular weight excluding hydrogens is 354 g/mol. The summed E-state index contributed by atoms with van der Waals surface area (Å²) >= 11 is 0. The van der Waals surface area contributed by atoms with E-state index in [0.717, 1.165) is 28.9 Å². The number of ether oxygens (including phenoxy) is 3. The van der Waals surface area contributed by atoms with Gasteiger partial charge in [0.05, 0.1) is 30.8 Å². The molecule has 0 aliphatic carbocycles. The molecule has 28 heavy (non-hydrogen) atoms. The summed E-state index contributed by atoms with van der Waals surface area (Å²) in [6, 6.07) is 16.1. The van der Waals surface area contributed by atoms with E-state index in [1.165, 1.54) is 0 Å². The fourth-order valence-electron chi connectivity index (χ4n) is 4.70. The molecular formula is C22H21N3O3. The molecule has 3 heterocycles. The van der Waals surface area contributed by atoms with Crippen LogP contribution in [0.1, 0.15) is 24.5 Å². The number of rotatable bonds is 1. The van der Waals surface area contributed by atoms with Crippen molar-refractivity contribution in [3.8, 4) is 22.9 Å². The maximum atomic E-state index is 9.22. The van der Waals surface area contributed by atoms with Crippen molar-refractivity contribution < 1.29 is 14.2 Å². The predicted octanol–water partition coefficient (Wildman–Crippen LogP) is 2.95. The first-order valence-corrected chi connectivity index (χ1v) is 9.44. The van der Waals surface area contributed by atoms with Crippen molar-refractivity contribution in [1.29, 1.82) is 5.26 Å². The summed E-state index contributed by atoms with van der Waals surface area (Å²) in [5, 5.41) is 9.22. The number of nitrogens with two attached hydrogens (primary N) is 1. The highest BCUT2D eigenvalue weighted by atomic mass is 16.5. The van der Waals surface area contributed by atoms with Gasteiger partial charge in [0.1, 0.15) is 23.5 Å². The van der Waals surface area contributed by atoms with Crippen LogP contribution < -0.4 is 10.5 Å². The Kier molecular flexibility index (Phi) is 3.65. The lowest BCUT2D eigenvalue weighted by Crippen LogP contribution is -2.59. The highest BCUT2D eigenvalue weighted by molar-refractivity contribution is 5.76. The molecule has 142 valence electrons. The van der Waals surface area contributed by atoms with Crippen molar-refractivity contribution in [1.82, 2.24) is 0 Å². The third-order valence-electron chi connectivity index (χ3n) is 6.20. The Labute approximate surface area is 163 Å². The Bertz CT molecular complexity index is 1030. The van der Waals surface area contributed by atoms with Crippen LogP contribution in [0.25, 0.3) is 11.1 Å². The van der Waals surface area contributed by atoms with Gasteiger partial charge < -0.3 is 19.9 Å². The van der Waals surface area contributed by atoms with E-state index in [9.17, 15) is 5.26 Å². The molecule has 1 fully saturated rings. The standard InChI is InChI=1S/C22H21N3O3/c1-21-7-8-26-12-19(21)22(13-27-20(24)25-22)17-10-16(5-6-18(17)28-21)15-4-2-3-14(9-15)11-23/h2-6,9-10,19H,7-8,12-13H2,1H3,(H2,24,25)/t19-,21-,22?/m1/s1. The van der Waals surface area contributed by atoms with E-state index in [2.05, 4.69) is 19.1 Å². The van der Waals surface area contributed by atoms with Crippen LogP contribution in [0.4, 0.5) is 0 Å². The average Bonchev–Trinajstić information content (AvgIpc) is 3.10. The maximum Gasteiger partial charge on any atom is 0.283 e. The number of nitriles is 1. The van der Waals surface area contributed by atoms with E-state index in [4.69, 9.17) is 24.9 Å². The second kappa shape index (κ2) is 5.98. The van der Waals surface area contributed by atoms with Gasteiger partial charge in [-0.15, -0.1) is 0 Å². The molecule has 0 aromatic heterocycles. The van der Waals surface area contributed by atoms with Gasteiger partial charge in [0.2, 0.25) is 0 Å². The van der Waals surface area contributed by atoms with Crippen LogP contribution in [0.5, 0.6) is 5.75 Å². The minimum absolute atomic E-state index is 0.00277. The van der Waals surface area contributed by atoms with E-state index in [0.29, 0.717) is 25.4 Å². The summed E-state index contributed by atoms with van der Waals surface area (Å²) in [4.78, 5) is 4.78. The zero-order valence-corrected chi connectivity index (χ0v) is 15.6. The number of amidine groups is 1. The minimum Gasteiger partial charge on any atom is -0.487 e. The first-order chi connectivity index (χ1) is 13.5. The number of aliphatic imine (C=N–C) groups is 1. The number of nitrogens with zero attached hydrogens (tertiary/aromatic N) is 2. The monoisotopic (exact) mass is 375 g/mol. The molecule has 0 radical (unpaired) electrons. The zero-order valence-electron chi connectivity index (χ0n) is 15.6. The maximum absolute atomic E-state index is 9.22. The normalized spacial score (nSPS) is 30.4. The summed E-state index contributed by atoms with van der Waals surface area (Å²) in [5.41, 5.74) is 8.50. The Morgan fingerprint density at radius 2 is 2.07 bits per heavy atom. The zero-order chi connectivity index (χ0) is 19.4. The topological polar surface area (TPSA) is 89.9 Å². The molecule has 5 rings (SSSR count). The van der Waals surface area contributed by atoms with E-state index in [1.54, 1.807) is 6.07 Å². The van der Waals surface area contributed by atoms with Crippen LogP contribution in [0.2, 0.25) is 0 Å². The summed E-state index contributed by atoms with van der Waals surface area (Å²) < 4.78 is 17.9. The molecule has 6 nitrogen and oxygen atoms in total. The first kappa shape index (κ1) is 17.1. The van der Waals surface area contributed by atoms with Gasteiger partial charge in [-0.25, -0.2) is 4.99 Å². The van der Waals surface area contributed by atoms with Gasteiger partial charge in [-0.1, -0.05) is 18.2 Å². The number of hydrogen-bond donors (Lipinski definition) is 1. The van der Waals surface area contributed by atoms with Crippen LogP contribution >= 0.6 is 0 Å². The summed E-state index contributed by atoms with van der Waals surface area (Å²) in [7, 11) is 0. The molecule has 0 saturated carbocycles. The largest absolute Gasteiger partial charge is 0.487 e. The molecule has 0 bridgehead atoms. The van der Waals surface area contributed by atoms with E-state index >= 15 is 0 Å². The third kappa shape index (κ3) is 2.40. The van der Waals surface area contributed by atoms with Crippen molar-refractivity contribution in [3.63, 3.8) is 0 Å². The Morgan fingerprint density at radius 1 is 1.21 bits per heavy atom. The SMILES string of the molecule is C[C@@]12CCOC[C@H]1C1(COC(N)=N1)c1cc(-c3cccc(C#N)c3)ccc1O2. The van der Waals surface area contributed by atoms with E-state index in [-0.39, 0.29) is 17.5 Å². The minimum atomic E-state index is -0.629. The molecule has 3 aliphatic rings. The molecule has 2 aromatic rings. The summed E-state index contributed by atoms with van der Waals surface area (Å²) in [6.45, 7) is 3.71. The molecule has 3 aliphatic heterocycles. The number of fused-ring (bicyclic) bond motifs is 4. The highest BCUT2D eigenvalue weighted by Crippen LogP contribution is 2.54. The lowest BCUT2D eigenvalue weighted by atomic mass is 9.66. The van der Waals surface area contributed by atoms with Crippen LogP contribution in [0.15, 0.2) is 47.5 Å².